The highest BCUT2D eigenvalue weighted by atomic mass is 35.5. The molecule has 3 heterocycles. The van der Waals surface area contributed by atoms with Crippen LogP contribution in [0.15, 0.2) is 24.4 Å². The Bertz CT molecular complexity index is 1070. The summed E-state index contributed by atoms with van der Waals surface area (Å²) in [6, 6.07) is 7.28. The van der Waals surface area contributed by atoms with Crippen molar-refractivity contribution in [3.8, 4) is 6.07 Å². The Morgan fingerprint density at radius 2 is 2.14 bits per heavy atom. The predicted molar refractivity (Wildman–Crippen MR) is 111 cm³/mol. The predicted octanol–water partition coefficient (Wildman–Crippen LogP) is 4.85. The molecule has 6 nitrogen and oxygen atoms in total. The van der Waals surface area contributed by atoms with E-state index < -0.39 is 0 Å². The van der Waals surface area contributed by atoms with Gasteiger partial charge in [-0.2, -0.15) is 10.4 Å². The smallest absolute Gasteiger partial charge is 0.190 e. The number of nitrogens with zero attached hydrogens (tertiary/aromatic N) is 6. The van der Waals surface area contributed by atoms with E-state index in [1.165, 1.54) is 6.42 Å². The number of nitriles is 1. The molecule has 28 heavy (non-hydrogen) atoms. The average Bonchev–Trinajstić information content (AvgIpc) is 3.05. The lowest BCUT2D eigenvalue weighted by Gasteiger charge is -2.31. The molecule has 8 heteroatoms. The third kappa shape index (κ3) is 3.41. The molecule has 1 aliphatic rings. The Morgan fingerprint density at radius 3 is 2.86 bits per heavy atom. The summed E-state index contributed by atoms with van der Waals surface area (Å²) < 4.78 is 1.73. The van der Waals surface area contributed by atoms with E-state index in [0.29, 0.717) is 27.1 Å². The molecule has 0 aliphatic carbocycles. The molecule has 4 rings (SSSR count). The van der Waals surface area contributed by atoms with Crippen LogP contribution < -0.4 is 4.90 Å². The Labute approximate surface area is 173 Å². The largest absolute Gasteiger partial charge is 0.355 e. The molecule has 1 fully saturated rings. The average molecular weight is 415 g/mol. The van der Waals surface area contributed by atoms with Crippen LogP contribution in [0.25, 0.3) is 11.2 Å². The van der Waals surface area contributed by atoms with Crippen LogP contribution in [0.3, 0.4) is 0 Å². The van der Waals surface area contributed by atoms with E-state index in [1.807, 2.05) is 13.0 Å². The van der Waals surface area contributed by atoms with Gasteiger partial charge in [0.2, 0.25) is 0 Å². The van der Waals surface area contributed by atoms with Crippen molar-refractivity contribution in [2.45, 2.75) is 32.7 Å². The first-order valence-corrected chi connectivity index (χ1v) is 10.1. The number of hydrogen-bond donors (Lipinski definition) is 0. The van der Waals surface area contributed by atoms with E-state index in [4.69, 9.17) is 28.2 Å². The van der Waals surface area contributed by atoms with Crippen molar-refractivity contribution in [2.75, 3.05) is 18.0 Å². The molecule has 0 radical (unpaired) electrons. The molecule has 2 aromatic heterocycles. The number of anilines is 1. The SMILES string of the molecule is CC1CCCN(c2cnc3c(C#N)nn([C@H](C)c4ccc(Cl)cc4Cl)c3n2)C1. The number of benzene rings is 1. The zero-order chi connectivity index (χ0) is 19.8. The van der Waals surface area contributed by atoms with Gasteiger partial charge in [-0.25, -0.2) is 14.6 Å². The first-order chi connectivity index (χ1) is 13.5. The van der Waals surface area contributed by atoms with Crippen molar-refractivity contribution in [2.24, 2.45) is 5.92 Å². The van der Waals surface area contributed by atoms with Crippen molar-refractivity contribution in [1.29, 1.82) is 5.26 Å². The van der Waals surface area contributed by atoms with E-state index in [9.17, 15) is 5.26 Å². The van der Waals surface area contributed by atoms with Crippen molar-refractivity contribution in [1.82, 2.24) is 19.7 Å². The lowest BCUT2D eigenvalue weighted by atomic mass is 10.0. The molecular formula is C20H20Cl2N6. The molecule has 1 aromatic carbocycles. The lowest BCUT2D eigenvalue weighted by molar-refractivity contribution is 0.444. The second-order valence-corrected chi connectivity index (χ2v) is 8.18. The molecule has 144 valence electrons. The normalized spacial score (nSPS) is 18.2. The van der Waals surface area contributed by atoms with Crippen molar-refractivity contribution >= 4 is 40.2 Å². The van der Waals surface area contributed by atoms with Crippen LogP contribution >= 0.6 is 23.2 Å². The molecule has 0 bridgehead atoms. The van der Waals surface area contributed by atoms with Crippen LogP contribution in [-0.2, 0) is 0 Å². The summed E-state index contributed by atoms with van der Waals surface area (Å²) in [4.78, 5) is 11.6. The van der Waals surface area contributed by atoms with Crippen LogP contribution in [0.5, 0.6) is 0 Å². The van der Waals surface area contributed by atoms with Gasteiger partial charge < -0.3 is 4.90 Å². The van der Waals surface area contributed by atoms with Crippen molar-refractivity contribution < 1.29 is 0 Å². The summed E-state index contributed by atoms with van der Waals surface area (Å²) in [5.74, 6) is 1.44. The fourth-order valence-electron chi connectivity index (χ4n) is 3.77. The molecule has 1 unspecified atom stereocenters. The van der Waals surface area contributed by atoms with Crippen LogP contribution in [0.2, 0.25) is 10.0 Å². The van der Waals surface area contributed by atoms with Gasteiger partial charge in [0.15, 0.2) is 11.3 Å². The Hall–Kier alpha value is -2.36. The molecule has 1 saturated heterocycles. The van der Waals surface area contributed by atoms with Crippen LogP contribution in [0.1, 0.15) is 44.0 Å². The number of rotatable bonds is 3. The first-order valence-electron chi connectivity index (χ1n) is 9.33. The van der Waals surface area contributed by atoms with Crippen LogP contribution in [-0.4, -0.2) is 32.8 Å². The van der Waals surface area contributed by atoms with Crippen LogP contribution in [0, 0.1) is 17.2 Å². The van der Waals surface area contributed by atoms with Gasteiger partial charge in [-0.3, -0.25) is 0 Å². The quantitative estimate of drug-likeness (QED) is 0.612. The van der Waals surface area contributed by atoms with Gasteiger partial charge in [0, 0.05) is 23.1 Å². The first kappa shape index (κ1) is 19.0. The summed E-state index contributed by atoms with van der Waals surface area (Å²) in [6.07, 6.45) is 4.11. The fourth-order valence-corrected chi connectivity index (χ4v) is 4.33. The van der Waals surface area contributed by atoms with Crippen molar-refractivity contribution in [3.05, 3.63) is 45.7 Å². The highest BCUT2D eigenvalue weighted by Gasteiger charge is 2.23. The minimum absolute atomic E-state index is 0.223. The van der Waals surface area contributed by atoms with Gasteiger partial charge in [0.05, 0.1) is 12.2 Å². The molecule has 3 aromatic rings. The number of halogens is 2. The van der Waals surface area contributed by atoms with Gasteiger partial charge in [-0.05, 0) is 43.4 Å². The van der Waals surface area contributed by atoms with E-state index in [1.54, 1.807) is 23.0 Å². The second kappa shape index (κ2) is 7.57. The minimum Gasteiger partial charge on any atom is -0.355 e. The van der Waals surface area contributed by atoms with E-state index in [0.717, 1.165) is 30.9 Å². The fraction of sp³-hybridized carbons (Fsp3) is 0.400. The standard InChI is InChI=1S/C20H20Cl2N6/c1-12-4-3-7-27(11-12)18-10-24-19-17(9-23)26-28(20(19)25-18)13(2)15-6-5-14(21)8-16(15)22/h5-6,8,10,12-13H,3-4,7,11H2,1-2H3/t12?,13-/m1/s1. The third-order valence-corrected chi connectivity index (χ3v) is 5.82. The maximum absolute atomic E-state index is 9.50. The summed E-state index contributed by atoms with van der Waals surface area (Å²) in [5.41, 5.74) is 2.22. The van der Waals surface area contributed by atoms with E-state index in [2.05, 4.69) is 28.0 Å². The Balaban J connectivity index is 1.81. The van der Waals surface area contributed by atoms with Gasteiger partial charge in [0.1, 0.15) is 17.4 Å². The van der Waals surface area contributed by atoms with Crippen LogP contribution in [0.4, 0.5) is 5.82 Å². The molecule has 1 aliphatic heterocycles. The lowest BCUT2D eigenvalue weighted by Crippen LogP contribution is -2.34. The van der Waals surface area contributed by atoms with Crippen molar-refractivity contribution in [3.63, 3.8) is 0 Å². The van der Waals surface area contributed by atoms with Gasteiger partial charge >= 0.3 is 0 Å². The van der Waals surface area contributed by atoms with E-state index >= 15 is 0 Å². The molecular weight excluding hydrogens is 395 g/mol. The molecule has 2 atom stereocenters. The maximum Gasteiger partial charge on any atom is 0.190 e. The summed E-state index contributed by atoms with van der Waals surface area (Å²) in [5, 5.41) is 15.1. The topological polar surface area (TPSA) is 70.6 Å². The zero-order valence-corrected chi connectivity index (χ0v) is 17.2. The highest BCUT2D eigenvalue weighted by Crippen LogP contribution is 2.31. The third-order valence-electron chi connectivity index (χ3n) is 5.26. The second-order valence-electron chi connectivity index (χ2n) is 7.34. The molecule has 0 spiro atoms. The molecule has 0 saturated carbocycles. The minimum atomic E-state index is -0.223. The number of aromatic nitrogens is 4. The van der Waals surface area contributed by atoms with E-state index in [-0.39, 0.29) is 11.7 Å². The monoisotopic (exact) mass is 414 g/mol. The summed E-state index contributed by atoms with van der Waals surface area (Å²) >= 11 is 12.4. The highest BCUT2D eigenvalue weighted by molar-refractivity contribution is 6.35. The summed E-state index contributed by atoms with van der Waals surface area (Å²) in [6.45, 7) is 6.14. The number of fused-ring (bicyclic) bond motifs is 1. The maximum atomic E-state index is 9.50. The summed E-state index contributed by atoms with van der Waals surface area (Å²) in [7, 11) is 0. The number of hydrogen-bond acceptors (Lipinski definition) is 5. The van der Waals surface area contributed by atoms with Gasteiger partial charge in [-0.15, -0.1) is 0 Å². The van der Waals surface area contributed by atoms with Gasteiger partial charge in [0.25, 0.3) is 0 Å². The molecule has 0 N–H and O–H groups in total. The number of piperidine rings is 1. The molecule has 0 amide bonds. The Kier molecular flexibility index (Phi) is 5.13. The van der Waals surface area contributed by atoms with Gasteiger partial charge in [-0.1, -0.05) is 36.2 Å². The zero-order valence-electron chi connectivity index (χ0n) is 15.7. The Morgan fingerprint density at radius 1 is 1.32 bits per heavy atom.